The van der Waals surface area contributed by atoms with Gasteiger partial charge < -0.3 is 4.90 Å². The van der Waals surface area contributed by atoms with E-state index in [2.05, 4.69) is 9.88 Å². The molecule has 0 atom stereocenters. The number of hydrogen-bond donors (Lipinski definition) is 0. The Balaban J connectivity index is 1.79. The zero-order chi connectivity index (χ0) is 13.5. The minimum absolute atomic E-state index is 0.121. The zero-order valence-corrected chi connectivity index (χ0v) is 11.9. The molecular formula is C16H22N2O. The van der Waals surface area contributed by atoms with Crippen molar-refractivity contribution in [2.75, 3.05) is 18.0 Å². The smallest absolute Gasteiger partial charge is 0.163 e. The molecule has 2 fully saturated rings. The molecule has 3 heteroatoms. The quantitative estimate of drug-likeness (QED) is 0.763. The number of aryl methyl sites for hydroxylation is 1. The molecule has 3 rings (SSSR count). The predicted octanol–water partition coefficient (Wildman–Crippen LogP) is 3.36. The molecule has 1 aromatic heterocycles. The van der Waals surface area contributed by atoms with Gasteiger partial charge in [-0.2, -0.15) is 0 Å². The Morgan fingerprint density at radius 1 is 1.26 bits per heavy atom. The lowest BCUT2D eigenvalue weighted by molar-refractivity contribution is 0.101. The molecule has 0 amide bonds. The Hall–Kier alpha value is -1.38. The van der Waals surface area contributed by atoms with E-state index in [0.29, 0.717) is 5.41 Å². The number of ketones is 1. The van der Waals surface area contributed by atoms with E-state index in [9.17, 15) is 4.79 Å². The van der Waals surface area contributed by atoms with Crippen LogP contribution < -0.4 is 4.90 Å². The number of aromatic nitrogens is 1. The predicted molar refractivity (Wildman–Crippen MR) is 76.7 cm³/mol. The van der Waals surface area contributed by atoms with Gasteiger partial charge >= 0.3 is 0 Å². The third kappa shape index (κ3) is 2.26. The van der Waals surface area contributed by atoms with Crippen molar-refractivity contribution in [3.63, 3.8) is 0 Å². The first-order chi connectivity index (χ1) is 9.10. The number of Topliss-reactive ketones (excluding diaryl/α,β-unsaturated/α-hetero) is 1. The fourth-order valence-electron chi connectivity index (χ4n) is 3.60. The van der Waals surface area contributed by atoms with Crippen molar-refractivity contribution in [1.29, 1.82) is 0 Å². The first-order valence-corrected chi connectivity index (χ1v) is 7.32. The van der Waals surface area contributed by atoms with Crippen molar-refractivity contribution in [1.82, 2.24) is 4.98 Å². The molecule has 0 unspecified atom stereocenters. The van der Waals surface area contributed by atoms with Crippen molar-refractivity contribution in [3.05, 3.63) is 23.4 Å². The van der Waals surface area contributed by atoms with Crippen LogP contribution in [0, 0.1) is 12.3 Å². The summed E-state index contributed by atoms with van der Waals surface area (Å²) >= 11 is 0. The number of hydrogen-bond acceptors (Lipinski definition) is 3. The molecule has 102 valence electrons. The molecule has 19 heavy (non-hydrogen) atoms. The van der Waals surface area contributed by atoms with Crippen LogP contribution in [0.5, 0.6) is 0 Å². The normalized spacial score (nSPS) is 21.3. The van der Waals surface area contributed by atoms with Crippen molar-refractivity contribution >= 4 is 11.6 Å². The summed E-state index contributed by atoms with van der Waals surface area (Å²) in [5.74, 6) is 1.02. The molecule has 1 saturated carbocycles. The van der Waals surface area contributed by atoms with Gasteiger partial charge in [-0.05, 0) is 38.3 Å². The van der Waals surface area contributed by atoms with Crippen LogP contribution in [0.2, 0.25) is 0 Å². The molecule has 2 aliphatic rings. The van der Waals surface area contributed by atoms with Crippen LogP contribution in [0.3, 0.4) is 0 Å². The van der Waals surface area contributed by atoms with Gasteiger partial charge in [0.2, 0.25) is 0 Å². The van der Waals surface area contributed by atoms with Gasteiger partial charge in [0, 0.05) is 24.7 Å². The van der Waals surface area contributed by atoms with Gasteiger partial charge in [0.1, 0.15) is 5.82 Å². The maximum Gasteiger partial charge on any atom is 0.163 e. The summed E-state index contributed by atoms with van der Waals surface area (Å²) in [6, 6.07) is 1.97. The highest BCUT2D eigenvalue weighted by atomic mass is 16.1. The van der Waals surface area contributed by atoms with Crippen molar-refractivity contribution in [3.8, 4) is 0 Å². The van der Waals surface area contributed by atoms with Crippen LogP contribution in [0.15, 0.2) is 12.3 Å². The van der Waals surface area contributed by atoms with E-state index in [1.807, 2.05) is 19.2 Å². The molecule has 0 bridgehead atoms. The van der Waals surface area contributed by atoms with E-state index < -0.39 is 0 Å². The number of carbonyl (C=O) groups is 1. The minimum atomic E-state index is 0.121. The lowest BCUT2D eigenvalue weighted by Gasteiger charge is -2.53. The van der Waals surface area contributed by atoms with Crippen LogP contribution in [0.25, 0.3) is 0 Å². The van der Waals surface area contributed by atoms with Gasteiger partial charge in [-0.15, -0.1) is 0 Å². The number of rotatable bonds is 2. The summed E-state index contributed by atoms with van der Waals surface area (Å²) in [6.45, 7) is 5.80. The Morgan fingerprint density at radius 2 is 1.95 bits per heavy atom. The van der Waals surface area contributed by atoms with E-state index in [-0.39, 0.29) is 5.78 Å². The highest BCUT2D eigenvalue weighted by Crippen LogP contribution is 2.45. The SMILES string of the molecule is CC(=O)c1cc(C)cnc1N1CC2(CCCCC2)C1. The monoisotopic (exact) mass is 258 g/mol. The van der Waals surface area contributed by atoms with Gasteiger partial charge in [0.25, 0.3) is 0 Å². The summed E-state index contributed by atoms with van der Waals surface area (Å²) in [7, 11) is 0. The van der Waals surface area contributed by atoms with Gasteiger partial charge in [0.05, 0.1) is 5.56 Å². The second-order valence-electron chi connectivity index (χ2n) is 6.36. The van der Waals surface area contributed by atoms with Crippen LogP contribution >= 0.6 is 0 Å². The summed E-state index contributed by atoms with van der Waals surface area (Å²) in [5, 5.41) is 0. The van der Waals surface area contributed by atoms with E-state index in [0.717, 1.165) is 30.0 Å². The average molecular weight is 258 g/mol. The zero-order valence-electron chi connectivity index (χ0n) is 11.9. The van der Waals surface area contributed by atoms with Gasteiger partial charge in [0.15, 0.2) is 5.78 Å². The summed E-state index contributed by atoms with van der Waals surface area (Å²) in [6.07, 6.45) is 8.70. The second-order valence-corrected chi connectivity index (χ2v) is 6.36. The molecule has 1 spiro atoms. The van der Waals surface area contributed by atoms with Crippen molar-refractivity contribution in [2.24, 2.45) is 5.41 Å². The van der Waals surface area contributed by atoms with E-state index >= 15 is 0 Å². The Kier molecular flexibility index (Phi) is 3.08. The van der Waals surface area contributed by atoms with Crippen LogP contribution in [0.1, 0.15) is 54.9 Å². The average Bonchev–Trinajstić information content (AvgIpc) is 2.37. The highest BCUT2D eigenvalue weighted by molar-refractivity contribution is 5.99. The fraction of sp³-hybridized carbons (Fsp3) is 0.625. The molecule has 2 heterocycles. The molecule has 0 radical (unpaired) electrons. The maximum atomic E-state index is 11.8. The molecule has 0 aromatic carbocycles. The van der Waals surface area contributed by atoms with Crippen molar-refractivity contribution < 1.29 is 4.79 Å². The van der Waals surface area contributed by atoms with Crippen molar-refractivity contribution in [2.45, 2.75) is 46.0 Å². The number of pyridine rings is 1. The van der Waals surface area contributed by atoms with E-state index in [1.54, 1.807) is 6.92 Å². The molecule has 1 aliphatic heterocycles. The highest BCUT2D eigenvalue weighted by Gasteiger charge is 2.44. The Morgan fingerprint density at radius 3 is 2.58 bits per heavy atom. The lowest BCUT2D eigenvalue weighted by atomic mass is 9.68. The second kappa shape index (κ2) is 4.62. The number of anilines is 1. The van der Waals surface area contributed by atoms with Gasteiger partial charge in [-0.1, -0.05) is 19.3 Å². The largest absolute Gasteiger partial charge is 0.355 e. The molecule has 0 N–H and O–H groups in total. The molecule has 1 aromatic rings. The van der Waals surface area contributed by atoms with Crippen LogP contribution in [-0.2, 0) is 0 Å². The van der Waals surface area contributed by atoms with Crippen LogP contribution in [0.4, 0.5) is 5.82 Å². The molecule has 3 nitrogen and oxygen atoms in total. The van der Waals surface area contributed by atoms with Gasteiger partial charge in [-0.3, -0.25) is 4.79 Å². The standard InChI is InChI=1S/C16H22N2O/c1-12-8-14(13(2)19)15(17-9-12)18-10-16(11-18)6-4-3-5-7-16/h8-9H,3-7,10-11H2,1-2H3. The number of nitrogens with zero attached hydrogens (tertiary/aromatic N) is 2. The maximum absolute atomic E-state index is 11.8. The Labute approximate surface area is 115 Å². The summed E-state index contributed by atoms with van der Waals surface area (Å²) in [5.41, 5.74) is 2.37. The topological polar surface area (TPSA) is 33.2 Å². The molecule has 1 saturated heterocycles. The van der Waals surface area contributed by atoms with Crippen LogP contribution in [-0.4, -0.2) is 23.9 Å². The minimum Gasteiger partial charge on any atom is -0.355 e. The summed E-state index contributed by atoms with van der Waals surface area (Å²) < 4.78 is 0. The van der Waals surface area contributed by atoms with E-state index in [4.69, 9.17) is 0 Å². The summed E-state index contributed by atoms with van der Waals surface area (Å²) in [4.78, 5) is 18.6. The first kappa shape index (κ1) is 12.6. The molecule has 1 aliphatic carbocycles. The third-order valence-corrected chi connectivity index (χ3v) is 4.65. The molecular weight excluding hydrogens is 236 g/mol. The third-order valence-electron chi connectivity index (χ3n) is 4.65. The van der Waals surface area contributed by atoms with Gasteiger partial charge in [-0.25, -0.2) is 4.98 Å². The van der Waals surface area contributed by atoms with E-state index in [1.165, 1.54) is 32.1 Å². The Bertz CT molecular complexity index is 495. The first-order valence-electron chi connectivity index (χ1n) is 7.32. The number of carbonyl (C=O) groups excluding carboxylic acids is 1. The fourth-order valence-corrected chi connectivity index (χ4v) is 3.60. The lowest BCUT2D eigenvalue weighted by Crippen LogP contribution is -2.57.